The SMILES string of the molecule is COC(=O)C[C@@H](NC1CCN(c2ccc(C(=O)NCCN3CCOCC3)cc2)CC1)C(=O)OC. The summed E-state index contributed by atoms with van der Waals surface area (Å²) in [4.78, 5) is 40.6. The maximum absolute atomic E-state index is 12.5. The van der Waals surface area contributed by atoms with Gasteiger partial charge < -0.3 is 29.7 Å². The summed E-state index contributed by atoms with van der Waals surface area (Å²) in [6, 6.07) is 7.04. The van der Waals surface area contributed by atoms with Crippen molar-refractivity contribution in [3.63, 3.8) is 0 Å². The molecule has 1 atom stereocenters. The van der Waals surface area contributed by atoms with Crippen LogP contribution in [0, 0.1) is 0 Å². The average molecular weight is 477 g/mol. The first-order chi connectivity index (χ1) is 16.5. The molecule has 0 bridgehead atoms. The Hall–Kier alpha value is -2.69. The van der Waals surface area contributed by atoms with Crippen LogP contribution in [0.15, 0.2) is 24.3 Å². The maximum atomic E-state index is 12.5. The van der Waals surface area contributed by atoms with E-state index in [1.165, 1.54) is 14.2 Å². The van der Waals surface area contributed by atoms with Gasteiger partial charge in [0.1, 0.15) is 6.04 Å². The van der Waals surface area contributed by atoms with Crippen molar-refractivity contribution >= 4 is 23.5 Å². The van der Waals surface area contributed by atoms with E-state index in [1.807, 2.05) is 24.3 Å². The smallest absolute Gasteiger partial charge is 0.323 e. The monoisotopic (exact) mass is 476 g/mol. The fourth-order valence-corrected chi connectivity index (χ4v) is 4.27. The van der Waals surface area contributed by atoms with E-state index in [1.54, 1.807) is 0 Å². The van der Waals surface area contributed by atoms with E-state index in [0.717, 1.165) is 64.5 Å². The van der Waals surface area contributed by atoms with Gasteiger partial charge in [0.05, 0.1) is 33.9 Å². The highest BCUT2D eigenvalue weighted by atomic mass is 16.5. The van der Waals surface area contributed by atoms with E-state index in [2.05, 4.69) is 25.2 Å². The maximum Gasteiger partial charge on any atom is 0.323 e. The van der Waals surface area contributed by atoms with E-state index in [-0.39, 0.29) is 18.4 Å². The normalized spacial score (nSPS) is 18.2. The number of morpholine rings is 1. The minimum Gasteiger partial charge on any atom is -0.469 e. The van der Waals surface area contributed by atoms with Crippen molar-refractivity contribution in [2.45, 2.75) is 31.3 Å². The molecule has 2 aliphatic rings. The summed E-state index contributed by atoms with van der Waals surface area (Å²) >= 11 is 0. The Labute approximate surface area is 200 Å². The van der Waals surface area contributed by atoms with Crippen LogP contribution in [0.5, 0.6) is 0 Å². The molecule has 1 amide bonds. The highest BCUT2D eigenvalue weighted by Crippen LogP contribution is 2.21. The van der Waals surface area contributed by atoms with Crippen LogP contribution < -0.4 is 15.5 Å². The second-order valence-electron chi connectivity index (χ2n) is 8.54. The fraction of sp³-hybridized carbons (Fsp3) is 0.625. The van der Waals surface area contributed by atoms with Crippen LogP contribution in [0.4, 0.5) is 5.69 Å². The highest BCUT2D eigenvalue weighted by molar-refractivity contribution is 5.94. The zero-order valence-corrected chi connectivity index (χ0v) is 20.1. The van der Waals surface area contributed by atoms with Crippen molar-refractivity contribution < 1.29 is 28.6 Å². The summed E-state index contributed by atoms with van der Waals surface area (Å²) in [7, 11) is 2.61. The zero-order valence-electron chi connectivity index (χ0n) is 20.1. The number of nitrogens with zero attached hydrogens (tertiary/aromatic N) is 2. The molecule has 0 saturated carbocycles. The van der Waals surface area contributed by atoms with Crippen molar-refractivity contribution in [2.75, 3.05) is 71.6 Å². The zero-order chi connectivity index (χ0) is 24.3. The van der Waals surface area contributed by atoms with Gasteiger partial charge in [-0.15, -0.1) is 0 Å². The molecular weight excluding hydrogens is 440 g/mol. The molecule has 2 aliphatic heterocycles. The Morgan fingerprint density at radius 3 is 2.32 bits per heavy atom. The number of piperidine rings is 1. The molecule has 10 nitrogen and oxygen atoms in total. The summed E-state index contributed by atoms with van der Waals surface area (Å²) in [6.07, 6.45) is 1.58. The Bertz CT molecular complexity index is 804. The Morgan fingerprint density at radius 2 is 1.71 bits per heavy atom. The molecule has 2 N–H and O–H groups in total. The molecule has 2 saturated heterocycles. The number of hydrogen-bond acceptors (Lipinski definition) is 9. The molecule has 0 spiro atoms. The number of anilines is 1. The molecule has 0 aromatic heterocycles. The number of ether oxygens (including phenoxy) is 3. The number of nitrogens with one attached hydrogen (secondary N) is 2. The molecule has 0 unspecified atom stereocenters. The number of methoxy groups -OCH3 is 2. The van der Waals surface area contributed by atoms with Crippen LogP contribution in [-0.4, -0.2) is 102 Å². The summed E-state index contributed by atoms with van der Waals surface area (Å²) in [5.74, 6) is -0.987. The Morgan fingerprint density at radius 1 is 1.03 bits per heavy atom. The molecule has 0 aliphatic carbocycles. The molecule has 1 aromatic rings. The van der Waals surface area contributed by atoms with E-state index >= 15 is 0 Å². The van der Waals surface area contributed by atoms with Crippen LogP contribution >= 0.6 is 0 Å². The predicted molar refractivity (Wildman–Crippen MR) is 127 cm³/mol. The number of rotatable bonds is 10. The highest BCUT2D eigenvalue weighted by Gasteiger charge is 2.28. The minimum atomic E-state index is -0.713. The molecule has 2 heterocycles. The van der Waals surface area contributed by atoms with Gasteiger partial charge in [0.15, 0.2) is 0 Å². The second-order valence-corrected chi connectivity index (χ2v) is 8.54. The number of amides is 1. The largest absolute Gasteiger partial charge is 0.469 e. The van der Waals surface area contributed by atoms with Crippen LogP contribution in [0.3, 0.4) is 0 Å². The van der Waals surface area contributed by atoms with Crippen molar-refractivity contribution in [3.05, 3.63) is 29.8 Å². The number of carbonyl (C=O) groups excluding carboxylic acids is 3. The summed E-state index contributed by atoms with van der Waals surface area (Å²) in [6.45, 7) is 6.36. The lowest BCUT2D eigenvalue weighted by Crippen LogP contribution is -2.50. The molecule has 188 valence electrons. The first-order valence-electron chi connectivity index (χ1n) is 11.8. The molecule has 10 heteroatoms. The van der Waals surface area contributed by atoms with E-state index < -0.39 is 18.0 Å². The van der Waals surface area contributed by atoms with Gasteiger partial charge >= 0.3 is 11.9 Å². The summed E-state index contributed by atoms with van der Waals surface area (Å²) in [5, 5.41) is 6.23. The lowest BCUT2D eigenvalue weighted by atomic mass is 10.0. The molecule has 3 rings (SSSR count). The van der Waals surface area contributed by atoms with Crippen molar-refractivity contribution in [2.24, 2.45) is 0 Å². The lowest BCUT2D eigenvalue weighted by molar-refractivity contribution is -0.149. The lowest BCUT2D eigenvalue weighted by Gasteiger charge is -2.35. The topological polar surface area (TPSA) is 109 Å². The number of carbonyl (C=O) groups is 3. The molecule has 0 radical (unpaired) electrons. The second kappa shape index (κ2) is 13.3. The minimum absolute atomic E-state index is 0.0562. The van der Waals surface area contributed by atoms with E-state index in [4.69, 9.17) is 9.47 Å². The van der Waals surface area contributed by atoms with Crippen molar-refractivity contribution in [1.29, 1.82) is 0 Å². The van der Waals surface area contributed by atoms with Gasteiger partial charge in [-0.2, -0.15) is 0 Å². The van der Waals surface area contributed by atoms with Crippen LogP contribution in [0.25, 0.3) is 0 Å². The Balaban J connectivity index is 1.43. The van der Waals surface area contributed by atoms with Gasteiger partial charge in [-0.3, -0.25) is 19.3 Å². The van der Waals surface area contributed by atoms with Gasteiger partial charge in [-0.05, 0) is 37.1 Å². The van der Waals surface area contributed by atoms with Gasteiger partial charge in [0, 0.05) is 56.6 Å². The van der Waals surface area contributed by atoms with Crippen molar-refractivity contribution in [3.8, 4) is 0 Å². The van der Waals surface area contributed by atoms with Gasteiger partial charge in [-0.25, -0.2) is 0 Å². The van der Waals surface area contributed by atoms with Crippen LogP contribution in [0.2, 0.25) is 0 Å². The first-order valence-corrected chi connectivity index (χ1v) is 11.8. The molecule has 34 heavy (non-hydrogen) atoms. The van der Waals surface area contributed by atoms with E-state index in [0.29, 0.717) is 12.1 Å². The van der Waals surface area contributed by atoms with Gasteiger partial charge in [0.2, 0.25) is 0 Å². The van der Waals surface area contributed by atoms with Crippen LogP contribution in [0.1, 0.15) is 29.6 Å². The first kappa shape index (κ1) is 25.9. The number of esters is 2. The standard InChI is InChI=1S/C24H36N4O6/c1-32-22(29)17-21(24(31)33-2)26-19-7-10-28(11-8-19)20-5-3-18(4-6-20)23(30)25-9-12-27-13-15-34-16-14-27/h3-6,19,21,26H,7-17H2,1-2H3,(H,25,30)/t21-/m1/s1. The quantitative estimate of drug-likeness (QED) is 0.464. The third kappa shape index (κ3) is 7.68. The van der Waals surface area contributed by atoms with Gasteiger partial charge in [-0.1, -0.05) is 0 Å². The fourth-order valence-electron chi connectivity index (χ4n) is 4.27. The molecule has 2 fully saturated rings. The number of benzene rings is 1. The third-order valence-corrected chi connectivity index (χ3v) is 6.33. The number of hydrogen-bond donors (Lipinski definition) is 2. The summed E-state index contributed by atoms with van der Waals surface area (Å²) in [5.41, 5.74) is 1.70. The van der Waals surface area contributed by atoms with Crippen LogP contribution in [-0.2, 0) is 23.8 Å². The molecular formula is C24H36N4O6. The third-order valence-electron chi connectivity index (χ3n) is 6.33. The molecule has 1 aromatic carbocycles. The van der Waals surface area contributed by atoms with E-state index in [9.17, 15) is 14.4 Å². The average Bonchev–Trinajstić information content (AvgIpc) is 2.88. The summed E-state index contributed by atoms with van der Waals surface area (Å²) < 4.78 is 14.8. The van der Waals surface area contributed by atoms with Gasteiger partial charge in [0.25, 0.3) is 5.91 Å². The Kier molecular flexibility index (Phi) is 10.1. The van der Waals surface area contributed by atoms with Crippen molar-refractivity contribution in [1.82, 2.24) is 15.5 Å². The predicted octanol–water partition coefficient (Wildman–Crippen LogP) is 0.412.